The third kappa shape index (κ3) is 4.31. The molecule has 1 aliphatic rings. The number of urea groups is 1. The molecule has 3 amide bonds. The van der Waals surface area contributed by atoms with E-state index in [-0.39, 0.29) is 11.2 Å². The number of imide groups is 1. The van der Waals surface area contributed by atoms with Gasteiger partial charge in [-0.15, -0.1) is 0 Å². The van der Waals surface area contributed by atoms with E-state index >= 15 is 0 Å². The number of amides is 3. The van der Waals surface area contributed by atoms with Crippen LogP contribution in [0.5, 0.6) is 0 Å². The third-order valence-electron chi connectivity index (χ3n) is 6.46. The SMILES string of the molecule is CC(C)N(C)CCN1C(=O)N(c2cc(Cc3n[nH]c(=O)c4ccccc34)ccc2F)C(=O)C1C. The molecule has 2 aromatic carbocycles. The summed E-state index contributed by atoms with van der Waals surface area (Å²) in [6, 6.07) is 10.5. The third-order valence-corrected chi connectivity index (χ3v) is 6.46. The minimum atomic E-state index is -0.680. The van der Waals surface area contributed by atoms with Crippen molar-refractivity contribution in [2.75, 3.05) is 25.0 Å². The Hall–Kier alpha value is -3.59. The van der Waals surface area contributed by atoms with E-state index in [0.717, 1.165) is 4.90 Å². The van der Waals surface area contributed by atoms with Crippen LogP contribution >= 0.6 is 0 Å². The van der Waals surface area contributed by atoms with Gasteiger partial charge < -0.3 is 9.80 Å². The van der Waals surface area contributed by atoms with Gasteiger partial charge in [0.2, 0.25) is 0 Å². The van der Waals surface area contributed by atoms with Crippen molar-refractivity contribution in [2.24, 2.45) is 0 Å². The summed E-state index contributed by atoms with van der Waals surface area (Å²) in [5.41, 5.74) is 0.906. The van der Waals surface area contributed by atoms with Crippen LogP contribution in [0.15, 0.2) is 47.3 Å². The summed E-state index contributed by atoms with van der Waals surface area (Å²) in [5, 5.41) is 7.86. The van der Waals surface area contributed by atoms with Crippen LogP contribution in [-0.2, 0) is 11.2 Å². The second kappa shape index (κ2) is 9.34. The highest BCUT2D eigenvalue weighted by molar-refractivity contribution is 6.21. The number of aromatic amines is 1. The second-order valence-electron chi connectivity index (χ2n) is 8.91. The average molecular weight is 466 g/mol. The number of H-pyrrole nitrogens is 1. The molecule has 1 saturated heterocycles. The van der Waals surface area contributed by atoms with Gasteiger partial charge in [0.25, 0.3) is 11.5 Å². The first kappa shape index (κ1) is 23.6. The molecule has 9 heteroatoms. The molecule has 0 saturated carbocycles. The number of halogens is 1. The van der Waals surface area contributed by atoms with Gasteiger partial charge in [0, 0.05) is 30.9 Å². The molecule has 1 unspecified atom stereocenters. The Morgan fingerprint density at radius 2 is 1.82 bits per heavy atom. The molecule has 1 atom stereocenters. The van der Waals surface area contributed by atoms with Gasteiger partial charge in [-0.25, -0.2) is 19.2 Å². The first-order valence-electron chi connectivity index (χ1n) is 11.3. The van der Waals surface area contributed by atoms with Crippen LogP contribution in [0.25, 0.3) is 10.8 Å². The van der Waals surface area contributed by atoms with Crippen LogP contribution in [0.2, 0.25) is 0 Å². The van der Waals surface area contributed by atoms with Gasteiger partial charge in [-0.3, -0.25) is 9.59 Å². The van der Waals surface area contributed by atoms with Crippen molar-refractivity contribution in [1.29, 1.82) is 0 Å². The zero-order valence-corrected chi connectivity index (χ0v) is 19.7. The Labute approximate surface area is 197 Å². The van der Waals surface area contributed by atoms with E-state index in [2.05, 4.69) is 15.1 Å². The van der Waals surface area contributed by atoms with Gasteiger partial charge in [0.05, 0.1) is 16.8 Å². The molecule has 4 rings (SSSR count). The van der Waals surface area contributed by atoms with E-state index in [4.69, 9.17) is 0 Å². The largest absolute Gasteiger partial charge is 0.332 e. The zero-order chi connectivity index (χ0) is 24.6. The van der Waals surface area contributed by atoms with Crippen LogP contribution in [0.1, 0.15) is 32.0 Å². The minimum Gasteiger partial charge on any atom is -0.311 e. The lowest BCUT2D eigenvalue weighted by molar-refractivity contribution is -0.119. The fourth-order valence-corrected chi connectivity index (χ4v) is 4.08. The maximum absolute atomic E-state index is 14.9. The lowest BCUT2D eigenvalue weighted by Gasteiger charge is -2.25. The van der Waals surface area contributed by atoms with E-state index in [1.807, 2.05) is 27.0 Å². The molecule has 2 heterocycles. The van der Waals surface area contributed by atoms with Crippen molar-refractivity contribution in [3.05, 3.63) is 69.9 Å². The molecule has 34 heavy (non-hydrogen) atoms. The number of hydrogen-bond donors (Lipinski definition) is 1. The van der Waals surface area contributed by atoms with Crippen LogP contribution in [0.3, 0.4) is 0 Å². The normalized spacial score (nSPS) is 16.5. The van der Waals surface area contributed by atoms with Crippen LogP contribution in [0.4, 0.5) is 14.9 Å². The Morgan fingerprint density at radius 1 is 1.12 bits per heavy atom. The number of likely N-dealkylation sites (N-methyl/N-ethyl adjacent to an activating group) is 1. The van der Waals surface area contributed by atoms with E-state index in [0.29, 0.717) is 47.6 Å². The van der Waals surface area contributed by atoms with Crippen LogP contribution in [0, 0.1) is 5.82 Å². The van der Waals surface area contributed by atoms with Crippen LogP contribution < -0.4 is 10.5 Å². The monoisotopic (exact) mass is 465 g/mol. The van der Waals surface area contributed by atoms with Crippen LogP contribution in [-0.4, -0.2) is 64.2 Å². The number of aromatic nitrogens is 2. The van der Waals surface area contributed by atoms with E-state index < -0.39 is 23.8 Å². The number of anilines is 1. The predicted octanol–water partition coefficient (Wildman–Crippen LogP) is 3.15. The molecule has 8 nitrogen and oxygen atoms in total. The quantitative estimate of drug-likeness (QED) is 0.542. The fourth-order valence-electron chi connectivity index (χ4n) is 4.08. The van der Waals surface area contributed by atoms with Crippen molar-refractivity contribution in [2.45, 2.75) is 39.3 Å². The van der Waals surface area contributed by atoms with E-state index in [1.54, 1.807) is 31.2 Å². The topological polar surface area (TPSA) is 89.6 Å². The van der Waals surface area contributed by atoms with Crippen molar-refractivity contribution in [3.8, 4) is 0 Å². The Bertz CT molecular complexity index is 1310. The van der Waals surface area contributed by atoms with Gasteiger partial charge in [-0.1, -0.05) is 24.3 Å². The summed E-state index contributed by atoms with van der Waals surface area (Å²) < 4.78 is 14.9. The number of carbonyl (C=O) groups is 2. The molecule has 1 aliphatic heterocycles. The molecule has 1 fully saturated rings. The number of fused-ring (bicyclic) bond motifs is 1. The first-order valence-corrected chi connectivity index (χ1v) is 11.3. The maximum Gasteiger partial charge on any atom is 0.332 e. The van der Waals surface area contributed by atoms with Crippen molar-refractivity contribution in [1.82, 2.24) is 20.0 Å². The highest BCUT2D eigenvalue weighted by Gasteiger charge is 2.44. The molecule has 1 aromatic heterocycles. The summed E-state index contributed by atoms with van der Waals surface area (Å²) in [4.78, 5) is 42.7. The highest BCUT2D eigenvalue weighted by Crippen LogP contribution is 2.29. The minimum absolute atomic E-state index is 0.0761. The second-order valence-corrected chi connectivity index (χ2v) is 8.91. The van der Waals surface area contributed by atoms with Gasteiger partial charge >= 0.3 is 6.03 Å². The number of carbonyl (C=O) groups excluding carboxylic acids is 2. The number of rotatable bonds is 7. The van der Waals surface area contributed by atoms with Gasteiger partial charge in [0.15, 0.2) is 0 Å². The number of hydrogen-bond acceptors (Lipinski definition) is 5. The summed E-state index contributed by atoms with van der Waals surface area (Å²) in [6.07, 6.45) is 0.291. The van der Waals surface area contributed by atoms with E-state index in [9.17, 15) is 18.8 Å². The molecule has 3 aromatic rings. The van der Waals surface area contributed by atoms with E-state index in [1.165, 1.54) is 17.0 Å². The molecule has 0 aliphatic carbocycles. The lowest BCUT2D eigenvalue weighted by atomic mass is 10.0. The molecule has 178 valence electrons. The predicted molar refractivity (Wildman–Crippen MR) is 128 cm³/mol. The summed E-state index contributed by atoms with van der Waals surface area (Å²) in [5.74, 6) is -1.11. The number of nitrogens with one attached hydrogen (secondary N) is 1. The zero-order valence-electron chi connectivity index (χ0n) is 19.7. The fraction of sp³-hybridized carbons (Fsp3) is 0.360. The molecule has 0 bridgehead atoms. The molecule has 0 radical (unpaired) electrons. The van der Waals surface area contributed by atoms with Gasteiger partial charge in [0.1, 0.15) is 11.9 Å². The summed E-state index contributed by atoms with van der Waals surface area (Å²) in [6.45, 7) is 6.73. The number of benzene rings is 2. The van der Waals surface area contributed by atoms with Crippen molar-refractivity contribution < 1.29 is 14.0 Å². The molecular formula is C25H28FN5O3. The Morgan fingerprint density at radius 3 is 2.53 bits per heavy atom. The molecule has 0 spiro atoms. The highest BCUT2D eigenvalue weighted by atomic mass is 19.1. The van der Waals surface area contributed by atoms with Gasteiger partial charge in [-0.2, -0.15) is 5.10 Å². The summed E-state index contributed by atoms with van der Waals surface area (Å²) in [7, 11) is 1.95. The first-order chi connectivity index (χ1) is 16.2. The standard InChI is InChI=1S/C25H28FN5O3/c1-15(2)29(4)11-12-30-16(3)24(33)31(25(30)34)22-14-17(9-10-20(22)26)13-21-18-7-5-6-8-19(18)23(32)28-27-21/h5-10,14-16H,11-13H2,1-4H3,(H,28,32). The number of nitrogens with zero attached hydrogens (tertiary/aromatic N) is 4. The Balaban J connectivity index is 1.63. The van der Waals surface area contributed by atoms with Crippen molar-refractivity contribution in [3.63, 3.8) is 0 Å². The van der Waals surface area contributed by atoms with Crippen molar-refractivity contribution >= 4 is 28.4 Å². The molecule has 1 N–H and O–H groups in total. The summed E-state index contributed by atoms with van der Waals surface area (Å²) >= 11 is 0. The lowest BCUT2D eigenvalue weighted by Crippen LogP contribution is -2.41. The van der Waals surface area contributed by atoms with Gasteiger partial charge in [-0.05, 0) is 51.6 Å². The molecular weight excluding hydrogens is 437 g/mol. The Kier molecular flexibility index (Phi) is 6.47. The average Bonchev–Trinajstić information content (AvgIpc) is 3.03. The smallest absolute Gasteiger partial charge is 0.311 e. The maximum atomic E-state index is 14.9.